The summed E-state index contributed by atoms with van der Waals surface area (Å²) >= 11 is 5.93. The molecule has 1 amide bonds. The van der Waals surface area contributed by atoms with Crippen LogP contribution in [0, 0.1) is 0 Å². The Morgan fingerprint density at radius 3 is 2.38 bits per heavy atom. The van der Waals surface area contributed by atoms with Gasteiger partial charge in [-0.3, -0.25) is 4.79 Å². The molecular weight excluding hydrogens is 384 g/mol. The van der Waals surface area contributed by atoms with Gasteiger partial charge in [-0.1, -0.05) is 54.1 Å². The number of benzene rings is 3. The predicted octanol–water partition coefficient (Wildman–Crippen LogP) is 6.30. The molecule has 0 aromatic heterocycles. The molecule has 2 N–H and O–H groups in total. The second-order valence-electron chi connectivity index (χ2n) is 6.45. The summed E-state index contributed by atoms with van der Waals surface area (Å²) in [5, 5.41) is 6.91. The number of nitrogens with one attached hydrogen (secondary N) is 2. The Labute approximate surface area is 176 Å². The number of carbonyl (C=O) groups is 1. The van der Waals surface area contributed by atoms with Crippen LogP contribution in [0.1, 0.15) is 12.5 Å². The van der Waals surface area contributed by atoms with Crippen LogP contribution in [0.3, 0.4) is 0 Å². The van der Waals surface area contributed by atoms with Crippen LogP contribution in [0.5, 0.6) is 11.5 Å². The molecule has 3 aromatic rings. The van der Waals surface area contributed by atoms with E-state index in [2.05, 4.69) is 22.8 Å². The molecule has 0 spiro atoms. The zero-order valence-corrected chi connectivity index (χ0v) is 16.9. The fraction of sp³-hybridized carbons (Fsp3) is 0.125. The van der Waals surface area contributed by atoms with Crippen LogP contribution in [0.15, 0.2) is 84.9 Å². The maximum Gasteiger partial charge on any atom is 0.221 e. The molecule has 0 aliphatic carbocycles. The largest absolute Gasteiger partial charge is 0.455 e. The SMILES string of the molecule is CC(=O)Nc1ccccc1CC=CCNc1ccccc1Oc1ccc(Cl)cc1. The minimum atomic E-state index is -0.0691. The van der Waals surface area contributed by atoms with Crippen LogP contribution >= 0.6 is 11.6 Å². The molecule has 5 heteroatoms. The maximum absolute atomic E-state index is 11.3. The summed E-state index contributed by atoms with van der Waals surface area (Å²) < 4.78 is 5.96. The molecule has 3 aromatic carbocycles. The number of hydrogen-bond donors (Lipinski definition) is 2. The fourth-order valence-corrected chi connectivity index (χ4v) is 2.93. The van der Waals surface area contributed by atoms with Crippen molar-refractivity contribution in [2.24, 2.45) is 0 Å². The maximum atomic E-state index is 11.3. The highest BCUT2D eigenvalue weighted by atomic mass is 35.5. The van der Waals surface area contributed by atoms with Crippen molar-refractivity contribution in [1.82, 2.24) is 0 Å². The summed E-state index contributed by atoms with van der Waals surface area (Å²) in [6.07, 6.45) is 4.88. The van der Waals surface area contributed by atoms with E-state index in [4.69, 9.17) is 16.3 Å². The molecule has 0 saturated heterocycles. The molecule has 0 atom stereocenters. The molecule has 29 heavy (non-hydrogen) atoms. The second kappa shape index (κ2) is 10.3. The summed E-state index contributed by atoms with van der Waals surface area (Å²) in [4.78, 5) is 11.3. The molecule has 0 unspecified atom stereocenters. The quantitative estimate of drug-likeness (QED) is 0.431. The van der Waals surface area contributed by atoms with Gasteiger partial charge in [0.05, 0.1) is 5.69 Å². The molecule has 4 nitrogen and oxygen atoms in total. The Morgan fingerprint density at radius 2 is 1.62 bits per heavy atom. The van der Waals surface area contributed by atoms with E-state index in [1.165, 1.54) is 6.92 Å². The molecule has 0 aliphatic rings. The third-order valence-corrected chi connectivity index (χ3v) is 4.42. The standard InChI is InChI=1S/C24H23ClN2O2/c1-18(28)27-22-10-3-2-8-19(22)9-6-7-17-26-23-11-4-5-12-24(23)29-21-15-13-20(25)14-16-21/h2-8,10-16,26H,9,17H2,1H3,(H,27,28). The lowest BCUT2D eigenvalue weighted by Crippen LogP contribution is -2.07. The first kappa shape index (κ1) is 20.5. The molecule has 148 valence electrons. The van der Waals surface area contributed by atoms with E-state index < -0.39 is 0 Å². The Hall–Kier alpha value is -3.24. The number of anilines is 2. The van der Waals surface area contributed by atoms with E-state index in [0.717, 1.165) is 34.9 Å². The molecular formula is C24H23ClN2O2. The van der Waals surface area contributed by atoms with Crippen molar-refractivity contribution in [3.63, 3.8) is 0 Å². The van der Waals surface area contributed by atoms with Crippen LogP contribution in [-0.4, -0.2) is 12.5 Å². The van der Waals surface area contributed by atoms with Crippen LogP contribution in [0.2, 0.25) is 5.02 Å². The van der Waals surface area contributed by atoms with Crippen molar-refractivity contribution in [3.05, 3.63) is 95.5 Å². The van der Waals surface area contributed by atoms with Gasteiger partial charge in [-0.05, 0) is 54.4 Å². The Balaban J connectivity index is 1.57. The Morgan fingerprint density at radius 1 is 0.931 bits per heavy atom. The summed E-state index contributed by atoms with van der Waals surface area (Å²) in [7, 11) is 0. The number of allylic oxidation sites excluding steroid dienone is 1. The van der Waals surface area contributed by atoms with Gasteiger partial charge in [-0.15, -0.1) is 0 Å². The van der Waals surface area contributed by atoms with Crippen molar-refractivity contribution >= 4 is 28.9 Å². The van der Waals surface area contributed by atoms with E-state index in [-0.39, 0.29) is 5.91 Å². The number of halogens is 1. The minimum absolute atomic E-state index is 0.0691. The van der Waals surface area contributed by atoms with E-state index in [9.17, 15) is 4.79 Å². The molecule has 0 radical (unpaired) electrons. The van der Waals surface area contributed by atoms with Crippen molar-refractivity contribution in [2.75, 3.05) is 17.2 Å². The number of carbonyl (C=O) groups excluding carboxylic acids is 1. The van der Waals surface area contributed by atoms with Crippen LogP contribution < -0.4 is 15.4 Å². The smallest absolute Gasteiger partial charge is 0.221 e. The number of amides is 1. The lowest BCUT2D eigenvalue weighted by molar-refractivity contribution is -0.114. The van der Waals surface area contributed by atoms with Crippen LogP contribution in [-0.2, 0) is 11.2 Å². The first-order chi connectivity index (χ1) is 14.1. The molecule has 0 saturated carbocycles. The lowest BCUT2D eigenvalue weighted by atomic mass is 10.1. The lowest BCUT2D eigenvalue weighted by Gasteiger charge is -2.12. The zero-order chi connectivity index (χ0) is 20.5. The third kappa shape index (κ3) is 6.40. The second-order valence-corrected chi connectivity index (χ2v) is 6.88. The Bertz CT molecular complexity index is 984. The highest BCUT2D eigenvalue weighted by Crippen LogP contribution is 2.29. The van der Waals surface area contributed by atoms with E-state index in [0.29, 0.717) is 11.6 Å². The van der Waals surface area contributed by atoms with Gasteiger partial charge in [0, 0.05) is 24.2 Å². The number of ether oxygens (including phenoxy) is 1. The molecule has 0 bridgehead atoms. The normalized spacial score (nSPS) is 10.7. The highest BCUT2D eigenvalue weighted by molar-refractivity contribution is 6.30. The van der Waals surface area contributed by atoms with Gasteiger partial charge < -0.3 is 15.4 Å². The molecule has 0 fully saturated rings. The summed E-state index contributed by atoms with van der Waals surface area (Å²) in [6.45, 7) is 2.17. The predicted molar refractivity (Wildman–Crippen MR) is 120 cm³/mol. The van der Waals surface area contributed by atoms with Crippen LogP contribution in [0.4, 0.5) is 11.4 Å². The summed E-state index contributed by atoms with van der Waals surface area (Å²) in [5.74, 6) is 1.41. The van der Waals surface area contributed by atoms with Gasteiger partial charge in [-0.2, -0.15) is 0 Å². The Kier molecular flexibility index (Phi) is 7.31. The van der Waals surface area contributed by atoms with E-state index in [1.54, 1.807) is 12.1 Å². The molecule has 3 rings (SSSR count). The zero-order valence-electron chi connectivity index (χ0n) is 16.2. The van der Waals surface area contributed by atoms with Gasteiger partial charge in [0.2, 0.25) is 5.91 Å². The first-order valence-corrected chi connectivity index (χ1v) is 9.76. The minimum Gasteiger partial charge on any atom is -0.455 e. The van der Waals surface area contributed by atoms with Crippen molar-refractivity contribution < 1.29 is 9.53 Å². The van der Waals surface area contributed by atoms with E-state index in [1.807, 2.05) is 60.7 Å². The molecule has 0 heterocycles. The van der Waals surface area contributed by atoms with Gasteiger partial charge in [0.15, 0.2) is 5.75 Å². The van der Waals surface area contributed by atoms with Crippen LogP contribution in [0.25, 0.3) is 0 Å². The summed E-state index contributed by atoms with van der Waals surface area (Å²) in [5.41, 5.74) is 2.83. The van der Waals surface area contributed by atoms with Crippen molar-refractivity contribution in [2.45, 2.75) is 13.3 Å². The van der Waals surface area contributed by atoms with Crippen molar-refractivity contribution in [3.8, 4) is 11.5 Å². The monoisotopic (exact) mass is 406 g/mol. The van der Waals surface area contributed by atoms with Gasteiger partial charge in [0.25, 0.3) is 0 Å². The van der Waals surface area contributed by atoms with E-state index >= 15 is 0 Å². The molecule has 0 aliphatic heterocycles. The average molecular weight is 407 g/mol. The average Bonchev–Trinajstić information content (AvgIpc) is 2.71. The fourth-order valence-electron chi connectivity index (χ4n) is 2.80. The number of hydrogen-bond acceptors (Lipinski definition) is 3. The highest BCUT2D eigenvalue weighted by Gasteiger charge is 2.04. The summed E-state index contributed by atoms with van der Waals surface area (Å²) in [6, 6.07) is 22.9. The number of para-hydroxylation sites is 3. The first-order valence-electron chi connectivity index (χ1n) is 9.38. The van der Waals surface area contributed by atoms with Gasteiger partial charge in [-0.25, -0.2) is 0 Å². The topological polar surface area (TPSA) is 50.4 Å². The van der Waals surface area contributed by atoms with Crippen molar-refractivity contribution in [1.29, 1.82) is 0 Å². The number of rotatable bonds is 8. The van der Waals surface area contributed by atoms with Gasteiger partial charge >= 0.3 is 0 Å². The van der Waals surface area contributed by atoms with Gasteiger partial charge in [0.1, 0.15) is 5.75 Å². The third-order valence-electron chi connectivity index (χ3n) is 4.17.